The Labute approximate surface area is 114 Å². The van der Waals surface area contributed by atoms with Crippen molar-refractivity contribution in [1.29, 1.82) is 0 Å². The molecule has 1 aliphatic rings. The first-order valence-corrected chi connectivity index (χ1v) is 7.19. The molecule has 1 aromatic rings. The van der Waals surface area contributed by atoms with Crippen molar-refractivity contribution in [3.05, 3.63) is 35.4 Å². The molecule has 0 saturated heterocycles. The summed E-state index contributed by atoms with van der Waals surface area (Å²) < 4.78 is 37.4. The summed E-state index contributed by atoms with van der Waals surface area (Å²) in [7, 11) is 0. The molecule has 2 unspecified atom stereocenters. The van der Waals surface area contributed by atoms with E-state index in [0.717, 1.165) is 31.2 Å². The summed E-state index contributed by atoms with van der Waals surface area (Å²) in [6, 6.07) is 5.67. The first-order valence-electron chi connectivity index (χ1n) is 6.28. The van der Waals surface area contributed by atoms with Gasteiger partial charge in [-0.25, -0.2) is 0 Å². The molecule has 1 aromatic carbocycles. The van der Waals surface area contributed by atoms with Crippen LogP contribution >= 0.6 is 15.9 Å². The van der Waals surface area contributed by atoms with E-state index in [0.29, 0.717) is 10.7 Å². The van der Waals surface area contributed by atoms with Gasteiger partial charge in [0.05, 0.1) is 5.56 Å². The molecule has 0 N–H and O–H groups in total. The zero-order chi connectivity index (χ0) is 13.2. The molecule has 0 heterocycles. The summed E-state index contributed by atoms with van der Waals surface area (Å²) in [5, 5.41) is 0. The third kappa shape index (κ3) is 3.50. The van der Waals surface area contributed by atoms with Gasteiger partial charge in [0, 0.05) is 4.83 Å². The van der Waals surface area contributed by atoms with Gasteiger partial charge in [-0.1, -0.05) is 40.9 Å². The largest absolute Gasteiger partial charge is 0.416 e. The highest BCUT2D eigenvalue weighted by molar-refractivity contribution is 9.09. The molecular weight excluding hydrogens is 305 g/mol. The Morgan fingerprint density at radius 3 is 2.22 bits per heavy atom. The van der Waals surface area contributed by atoms with Crippen molar-refractivity contribution in [3.8, 4) is 0 Å². The van der Waals surface area contributed by atoms with Crippen LogP contribution in [0.4, 0.5) is 13.2 Å². The Morgan fingerprint density at radius 1 is 1.00 bits per heavy atom. The van der Waals surface area contributed by atoms with Gasteiger partial charge < -0.3 is 0 Å². The molecule has 0 amide bonds. The van der Waals surface area contributed by atoms with Crippen LogP contribution in [-0.4, -0.2) is 4.83 Å². The average Bonchev–Trinajstić information content (AvgIpc) is 2.53. The Hall–Kier alpha value is -0.510. The molecule has 0 aromatic heterocycles. The molecule has 1 saturated carbocycles. The quantitative estimate of drug-likeness (QED) is 0.472. The second-order valence-electron chi connectivity index (χ2n) is 4.93. The maximum absolute atomic E-state index is 12.5. The molecule has 4 heteroatoms. The molecule has 100 valence electrons. The average molecular weight is 321 g/mol. The summed E-state index contributed by atoms with van der Waals surface area (Å²) in [5.74, 6) is 0.388. The van der Waals surface area contributed by atoms with E-state index in [-0.39, 0.29) is 0 Å². The molecule has 1 aliphatic carbocycles. The van der Waals surface area contributed by atoms with Gasteiger partial charge in [-0.15, -0.1) is 0 Å². The minimum atomic E-state index is -4.24. The molecule has 1 fully saturated rings. The molecule has 18 heavy (non-hydrogen) atoms. The number of alkyl halides is 4. The number of benzene rings is 1. The van der Waals surface area contributed by atoms with Crippen LogP contribution in [0, 0.1) is 0 Å². The Balaban J connectivity index is 2.13. The summed E-state index contributed by atoms with van der Waals surface area (Å²) in [6.45, 7) is 0. The van der Waals surface area contributed by atoms with Crippen LogP contribution in [0.1, 0.15) is 49.1 Å². The van der Waals surface area contributed by atoms with Gasteiger partial charge in [0.2, 0.25) is 0 Å². The first-order chi connectivity index (χ1) is 8.47. The Bertz CT molecular complexity index is 383. The van der Waals surface area contributed by atoms with Gasteiger partial charge in [0.15, 0.2) is 0 Å². The van der Waals surface area contributed by atoms with E-state index in [1.165, 1.54) is 18.6 Å². The zero-order valence-corrected chi connectivity index (χ0v) is 11.6. The lowest BCUT2D eigenvalue weighted by atomic mass is 9.91. The molecule has 0 bridgehead atoms. The first kappa shape index (κ1) is 13.9. The predicted molar refractivity (Wildman–Crippen MR) is 70.0 cm³/mol. The fourth-order valence-corrected chi connectivity index (χ4v) is 3.32. The van der Waals surface area contributed by atoms with Gasteiger partial charge in [-0.05, 0) is 42.9 Å². The Kier molecular flexibility index (Phi) is 4.36. The number of hydrogen-bond donors (Lipinski definition) is 0. The normalized spacial score (nSPS) is 25.8. The lowest BCUT2D eigenvalue weighted by Gasteiger charge is -2.17. The van der Waals surface area contributed by atoms with Gasteiger partial charge in [-0.2, -0.15) is 13.2 Å². The number of halogens is 4. The third-order valence-electron chi connectivity index (χ3n) is 3.57. The zero-order valence-electron chi connectivity index (χ0n) is 10.0. The SMILES string of the molecule is FC(F)(F)c1ccc(C2CCCCC(Br)C2)cc1. The highest BCUT2D eigenvalue weighted by atomic mass is 79.9. The molecule has 0 aliphatic heterocycles. The molecule has 2 rings (SSSR count). The second kappa shape index (κ2) is 5.64. The summed E-state index contributed by atoms with van der Waals surface area (Å²) in [4.78, 5) is 0.493. The number of hydrogen-bond acceptors (Lipinski definition) is 0. The van der Waals surface area contributed by atoms with Crippen LogP contribution in [0.25, 0.3) is 0 Å². The lowest BCUT2D eigenvalue weighted by molar-refractivity contribution is -0.137. The Morgan fingerprint density at radius 2 is 1.61 bits per heavy atom. The predicted octanol–water partition coefficient (Wildman–Crippen LogP) is 5.52. The van der Waals surface area contributed by atoms with Gasteiger partial charge in [0.25, 0.3) is 0 Å². The van der Waals surface area contributed by atoms with E-state index >= 15 is 0 Å². The van der Waals surface area contributed by atoms with Crippen molar-refractivity contribution in [2.24, 2.45) is 0 Å². The molecule has 2 atom stereocenters. The van der Waals surface area contributed by atoms with Crippen LogP contribution in [0.2, 0.25) is 0 Å². The summed E-state index contributed by atoms with van der Waals surface area (Å²) in [6.07, 6.45) is 1.39. The molecule has 0 nitrogen and oxygen atoms in total. The third-order valence-corrected chi connectivity index (χ3v) is 4.40. The van der Waals surface area contributed by atoms with E-state index in [4.69, 9.17) is 0 Å². The minimum Gasteiger partial charge on any atom is -0.166 e. The fourth-order valence-electron chi connectivity index (χ4n) is 2.55. The summed E-state index contributed by atoms with van der Waals surface area (Å²) in [5.41, 5.74) is 0.476. The van der Waals surface area contributed by atoms with Crippen LogP contribution in [0.3, 0.4) is 0 Å². The van der Waals surface area contributed by atoms with Crippen LogP contribution in [0.5, 0.6) is 0 Å². The van der Waals surface area contributed by atoms with Crippen LogP contribution in [-0.2, 0) is 6.18 Å². The van der Waals surface area contributed by atoms with Crippen molar-refractivity contribution in [2.75, 3.05) is 0 Å². The lowest BCUT2D eigenvalue weighted by Crippen LogP contribution is -2.07. The van der Waals surface area contributed by atoms with E-state index in [1.54, 1.807) is 12.1 Å². The van der Waals surface area contributed by atoms with Gasteiger partial charge in [0.1, 0.15) is 0 Å². The topological polar surface area (TPSA) is 0 Å². The molecule has 0 spiro atoms. The van der Waals surface area contributed by atoms with Crippen molar-refractivity contribution >= 4 is 15.9 Å². The standard InChI is InChI=1S/C14H16BrF3/c15-13-4-2-1-3-11(9-13)10-5-7-12(8-6-10)14(16,17)18/h5-8,11,13H,1-4,9H2. The van der Waals surface area contributed by atoms with Crippen molar-refractivity contribution in [2.45, 2.75) is 49.0 Å². The van der Waals surface area contributed by atoms with E-state index in [1.807, 2.05) is 0 Å². The van der Waals surface area contributed by atoms with Crippen molar-refractivity contribution < 1.29 is 13.2 Å². The smallest absolute Gasteiger partial charge is 0.166 e. The van der Waals surface area contributed by atoms with Gasteiger partial charge >= 0.3 is 6.18 Å². The van der Waals surface area contributed by atoms with Crippen LogP contribution < -0.4 is 0 Å². The molecular formula is C14H16BrF3. The van der Waals surface area contributed by atoms with Crippen molar-refractivity contribution in [1.82, 2.24) is 0 Å². The van der Waals surface area contributed by atoms with E-state index in [9.17, 15) is 13.2 Å². The van der Waals surface area contributed by atoms with Crippen LogP contribution in [0.15, 0.2) is 24.3 Å². The highest BCUT2D eigenvalue weighted by Crippen LogP contribution is 2.36. The maximum atomic E-state index is 12.5. The second-order valence-corrected chi connectivity index (χ2v) is 6.23. The maximum Gasteiger partial charge on any atom is 0.416 e. The monoisotopic (exact) mass is 320 g/mol. The van der Waals surface area contributed by atoms with E-state index in [2.05, 4.69) is 15.9 Å². The van der Waals surface area contributed by atoms with Gasteiger partial charge in [-0.3, -0.25) is 0 Å². The molecule has 0 radical (unpaired) electrons. The van der Waals surface area contributed by atoms with E-state index < -0.39 is 11.7 Å². The highest BCUT2D eigenvalue weighted by Gasteiger charge is 2.30. The number of rotatable bonds is 1. The minimum absolute atomic E-state index is 0.388. The fraction of sp³-hybridized carbons (Fsp3) is 0.571. The van der Waals surface area contributed by atoms with Crippen molar-refractivity contribution in [3.63, 3.8) is 0 Å². The summed E-state index contributed by atoms with van der Waals surface area (Å²) >= 11 is 3.64.